The molecule has 1 atom stereocenters. The number of nitrogens with zero attached hydrogens (tertiary/aromatic N) is 2. The highest BCUT2D eigenvalue weighted by Gasteiger charge is 2.07. The minimum absolute atomic E-state index is 0.249. The van der Waals surface area contributed by atoms with Crippen LogP contribution in [0.5, 0.6) is 0 Å². The molecule has 0 unspecified atom stereocenters. The first-order valence-corrected chi connectivity index (χ1v) is 7.30. The summed E-state index contributed by atoms with van der Waals surface area (Å²) in [6.45, 7) is 0.631. The number of benzene rings is 2. The zero-order chi connectivity index (χ0) is 16.1. The molecular formula is C19H16FN3. The van der Waals surface area contributed by atoms with E-state index in [9.17, 15) is 4.39 Å². The van der Waals surface area contributed by atoms with E-state index in [4.69, 9.17) is 6.42 Å². The van der Waals surface area contributed by atoms with Crippen molar-refractivity contribution in [1.29, 1.82) is 0 Å². The van der Waals surface area contributed by atoms with Crippen LogP contribution in [0.25, 0.3) is 5.69 Å². The molecule has 0 saturated heterocycles. The van der Waals surface area contributed by atoms with Crippen molar-refractivity contribution in [2.24, 2.45) is 0 Å². The van der Waals surface area contributed by atoms with Gasteiger partial charge in [0.1, 0.15) is 5.82 Å². The van der Waals surface area contributed by atoms with E-state index in [0.717, 1.165) is 16.8 Å². The third-order valence-corrected chi connectivity index (χ3v) is 3.59. The van der Waals surface area contributed by atoms with E-state index in [0.29, 0.717) is 6.54 Å². The van der Waals surface area contributed by atoms with E-state index in [1.807, 2.05) is 36.5 Å². The van der Waals surface area contributed by atoms with Crippen LogP contribution in [-0.4, -0.2) is 9.78 Å². The first-order chi connectivity index (χ1) is 11.3. The highest BCUT2D eigenvalue weighted by atomic mass is 19.1. The number of rotatable bonds is 5. The smallest absolute Gasteiger partial charge is 0.123 e. The molecule has 4 heteroatoms. The summed E-state index contributed by atoms with van der Waals surface area (Å²) in [5.74, 6) is 2.43. The Labute approximate surface area is 134 Å². The average molecular weight is 305 g/mol. The number of nitrogens with one attached hydrogen (secondary N) is 1. The zero-order valence-electron chi connectivity index (χ0n) is 12.5. The van der Waals surface area contributed by atoms with Gasteiger partial charge in [-0.1, -0.05) is 30.2 Å². The van der Waals surface area contributed by atoms with Crippen molar-refractivity contribution in [2.75, 3.05) is 0 Å². The number of terminal acetylenes is 1. The second kappa shape index (κ2) is 6.91. The summed E-state index contributed by atoms with van der Waals surface area (Å²) < 4.78 is 14.8. The Kier molecular flexibility index (Phi) is 4.51. The predicted octanol–water partition coefficient (Wildman–Crippen LogP) is 3.48. The van der Waals surface area contributed by atoms with E-state index in [1.165, 1.54) is 12.1 Å². The van der Waals surface area contributed by atoms with Crippen molar-refractivity contribution >= 4 is 0 Å². The minimum atomic E-state index is -0.265. The maximum absolute atomic E-state index is 13.0. The van der Waals surface area contributed by atoms with Crippen LogP contribution in [0.1, 0.15) is 17.2 Å². The molecular weight excluding hydrogens is 289 g/mol. The van der Waals surface area contributed by atoms with E-state index < -0.39 is 0 Å². The SMILES string of the molecule is C#C[C@@H](NCc1ccc(-n2cccn2)cc1)c1ccc(F)cc1. The van der Waals surface area contributed by atoms with Crippen LogP contribution in [-0.2, 0) is 6.54 Å². The first kappa shape index (κ1) is 15.0. The van der Waals surface area contributed by atoms with Crippen LogP contribution < -0.4 is 5.32 Å². The summed E-state index contributed by atoms with van der Waals surface area (Å²) >= 11 is 0. The van der Waals surface area contributed by atoms with Crippen LogP contribution in [0, 0.1) is 18.2 Å². The Morgan fingerprint density at radius 3 is 2.48 bits per heavy atom. The topological polar surface area (TPSA) is 29.9 Å². The van der Waals surface area contributed by atoms with Gasteiger partial charge >= 0.3 is 0 Å². The van der Waals surface area contributed by atoms with Crippen molar-refractivity contribution in [3.63, 3.8) is 0 Å². The van der Waals surface area contributed by atoms with E-state index in [-0.39, 0.29) is 11.9 Å². The summed E-state index contributed by atoms with van der Waals surface area (Å²) in [5.41, 5.74) is 3.00. The Balaban J connectivity index is 1.65. The third-order valence-electron chi connectivity index (χ3n) is 3.59. The summed E-state index contributed by atoms with van der Waals surface area (Å²) in [7, 11) is 0. The number of halogens is 1. The van der Waals surface area contributed by atoms with Gasteiger partial charge < -0.3 is 0 Å². The molecule has 0 aliphatic heterocycles. The molecule has 0 radical (unpaired) electrons. The second-order valence-corrected chi connectivity index (χ2v) is 5.15. The van der Waals surface area contributed by atoms with Crippen LogP contribution in [0.4, 0.5) is 4.39 Å². The van der Waals surface area contributed by atoms with Gasteiger partial charge in [0.2, 0.25) is 0 Å². The lowest BCUT2D eigenvalue weighted by atomic mass is 10.1. The fraction of sp³-hybridized carbons (Fsp3) is 0.105. The van der Waals surface area contributed by atoms with E-state index >= 15 is 0 Å². The summed E-state index contributed by atoms with van der Waals surface area (Å²) in [6, 6.07) is 15.9. The lowest BCUT2D eigenvalue weighted by Crippen LogP contribution is -2.19. The molecule has 2 aromatic carbocycles. The molecule has 0 amide bonds. The Hall–Kier alpha value is -2.90. The van der Waals surface area contributed by atoms with Gasteiger partial charge in [0.25, 0.3) is 0 Å². The minimum Gasteiger partial charge on any atom is -0.296 e. The van der Waals surface area contributed by atoms with Gasteiger partial charge in [-0.2, -0.15) is 5.10 Å². The number of hydrogen-bond donors (Lipinski definition) is 1. The van der Waals surface area contributed by atoms with Gasteiger partial charge in [-0.05, 0) is 41.5 Å². The van der Waals surface area contributed by atoms with Crippen molar-refractivity contribution in [3.8, 4) is 18.0 Å². The van der Waals surface area contributed by atoms with Crippen molar-refractivity contribution in [2.45, 2.75) is 12.6 Å². The highest BCUT2D eigenvalue weighted by Crippen LogP contribution is 2.14. The van der Waals surface area contributed by atoms with Crippen LogP contribution in [0.3, 0.4) is 0 Å². The van der Waals surface area contributed by atoms with Crippen molar-refractivity contribution in [1.82, 2.24) is 15.1 Å². The van der Waals surface area contributed by atoms with Crippen LogP contribution >= 0.6 is 0 Å². The van der Waals surface area contributed by atoms with Gasteiger partial charge in [-0.15, -0.1) is 6.42 Å². The summed E-state index contributed by atoms with van der Waals surface area (Å²) in [6.07, 6.45) is 9.22. The fourth-order valence-corrected chi connectivity index (χ4v) is 2.34. The lowest BCUT2D eigenvalue weighted by molar-refractivity contribution is 0.616. The van der Waals surface area contributed by atoms with Gasteiger partial charge in [0.15, 0.2) is 0 Å². The molecule has 0 fully saturated rings. The molecule has 0 spiro atoms. The lowest BCUT2D eigenvalue weighted by Gasteiger charge is -2.14. The summed E-state index contributed by atoms with van der Waals surface area (Å²) in [5, 5.41) is 7.49. The monoisotopic (exact) mass is 305 g/mol. The molecule has 23 heavy (non-hydrogen) atoms. The highest BCUT2D eigenvalue weighted by molar-refractivity contribution is 5.34. The largest absolute Gasteiger partial charge is 0.296 e. The Morgan fingerprint density at radius 1 is 1.13 bits per heavy atom. The second-order valence-electron chi connectivity index (χ2n) is 5.15. The first-order valence-electron chi connectivity index (χ1n) is 7.30. The normalized spacial score (nSPS) is 11.8. The molecule has 1 N–H and O–H groups in total. The Bertz CT molecular complexity index is 784. The number of hydrogen-bond acceptors (Lipinski definition) is 2. The van der Waals surface area contributed by atoms with Gasteiger partial charge in [-0.25, -0.2) is 9.07 Å². The molecule has 3 nitrogen and oxygen atoms in total. The molecule has 0 bridgehead atoms. The van der Waals surface area contributed by atoms with Crippen molar-refractivity contribution < 1.29 is 4.39 Å². The van der Waals surface area contributed by atoms with Gasteiger partial charge in [-0.3, -0.25) is 5.32 Å². The van der Waals surface area contributed by atoms with Crippen molar-refractivity contribution in [3.05, 3.63) is 83.9 Å². The third kappa shape index (κ3) is 3.65. The number of aromatic nitrogens is 2. The quantitative estimate of drug-likeness (QED) is 0.731. The average Bonchev–Trinajstić information content (AvgIpc) is 3.12. The van der Waals surface area contributed by atoms with E-state index in [2.05, 4.69) is 16.3 Å². The van der Waals surface area contributed by atoms with E-state index in [1.54, 1.807) is 23.0 Å². The molecule has 3 aromatic rings. The predicted molar refractivity (Wildman–Crippen MR) is 88.4 cm³/mol. The molecule has 1 aromatic heterocycles. The molecule has 3 rings (SSSR count). The standard InChI is InChI=1S/C19H16FN3/c1-2-19(16-6-8-17(20)9-7-16)21-14-15-4-10-18(11-5-15)23-13-3-12-22-23/h1,3-13,19,21H,14H2/t19-/m1/s1. The van der Waals surface area contributed by atoms with Crippen LogP contribution in [0.15, 0.2) is 67.0 Å². The maximum Gasteiger partial charge on any atom is 0.123 e. The van der Waals surface area contributed by atoms with Crippen LogP contribution in [0.2, 0.25) is 0 Å². The molecule has 0 aliphatic rings. The van der Waals surface area contributed by atoms with Gasteiger partial charge in [0.05, 0.1) is 11.7 Å². The van der Waals surface area contributed by atoms with Gasteiger partial charge in [0, 0.05) is 18.9 Å². The molecule has 0 aliphatic carbocycles. The summed E-state index contributed by atoms with van der Waals surface area (Å²) in [4.78, 5) is 0. The zero-order valence-corrected chi connectivity index (χ0v) is 12.5. The molecule has 114 valence electrons. The fourth-order valence-electron chi connectivity index (χ4n) is 2.34. The maximum atomic E-state index is 13.0. The molecule has 1 heterocycles. The molecule has 0 saturated carbocycles. The Morgan fingerprint density at radius 2 is 1.87 bits per heavy atom.